The third-order valence-corrected chi connectivity index (χ3v) is 6.29. The van der Waals surface area contributed by atoms with Gasteiger partial charge in [-0.05, 0) is 56.0 Å². The third kappa shape index (κ3) is 3.20. The number of amides is 1. The highest BCUT2D eigenvalue weighted by atomic mass is 19.1. The second kappa shape index (κ2) is 7.65. The highest BCUT2D eigenvalue weighted by Crippen LogP contribution is 2.31. The van der Waals surface area contributed by atoms with Crippen molar-refractivity contribution < 1.29 is 9.18 Å². The molecule has 1 aliphatic rings. The molecule has 2 aromatic carbocycles. The number of nitrogens with zero attached hydrogens (tertiary/aromatic N) is 5. The number of halogens is 1. The van der Waals surface area contributed by atoms with Crippen molar-refractivity contribution >= 4 is 22.8 Å². The van der Waals surface area contributed by atoms with Crippen molar-refractivity contribution in [3.8, 4) is 17.1 Å². The van der Waals surface area contributed by atoms with Crippen molar-refractivity contribution in [3.63, 3.8) is 0 Å². The van der Waals surface area contributed by atoms with Crippen LogP contribution in [0.25, 0.3) is 28.1 Å². The largest absolute Gasteiger partial charge is 0.338 e. The summed E-state index contributed by atoms with van der Waals surface area (Å²) >= 11 is 0. The molecular weight excluding hydrogens is 433 g/mol. The smallest absolute Gasteiger partial charge is 0.277 e. The molecule has 0 aliphatic heterocycles. The van der Waals surface area contributed by atoms with Crippen molar-refractivity contribution in [2.75, 3.05) is 5.32 Å². The second-order valence-corrected chi connectivity index (χ2v) is 8.58. The molecule has 8 nitrogen and oxygen atoms in total. The van der Waals surface area contributed by atoms with Gasteiger partial charge in [0, 0.05) is 18.3 Å². The number of aromatic nitrogens is 6. The number of carbonyl (C=O) groups is 1. The van der Waals surface area contributed by atoms with Crippen molar-refractivity contribution in [2.24, 2.45) is 7.05 Å². The number of nitrogens with one attached hydrogen (secondary N) is 2. The van der Waals surface area contributed by atoms with Crippen LogP contribution >= 0.6 is 0 Å². The van der Waals surface area contributed by atoms with Gasteiger partial charge in [-0.2, -0.15) is 10.2 Å². The molecule has 9 heteroatoms. The molecule has 0 unspecified atom stereocenters. The Kier molecular flexibility index (Phi) is 4.58. The molecule has 1 amide bonds. The van der Waals surface area contributed by atoms with Crippen molar-refractivity contribution in [3.05, 3.63) is 77.0 Å². The van der Waals surface area contributed by atoms with Crippen LogP contribution in [0.4, 0.5) is 10.2 Å². The fraction of sp³-hybridized carbons (Fsp3) is 0.200. The Labute approximate surface area is 194 Å². The standard InChI is InChI=1S/C25H22FN7O/c1-14-10-11-21(17(26)12-14)33-20-9-5-6-15(20)22(31-33)25(34)30-24-16(13-27-32(24)2)23-28-18-7-3-4-8-19(18)29-23/h3-4,7-8,10-13H,5-6,9H2,1-2H3,(H,28,29)(H,30,34). The molecule has 6 rings (SSSR count). The lowest BCUT2D eigenvalue weighted by Gasteiger charge is -2.08. The minimum Gasteiger partial charge on any atom is -0.338 e. The maximum absolute atomic E-state index is 14.7. The maximum atomic E-state index is 14.7. The number of aryl methyl sites for hydroxylation is 2. The first-order valence-corrected chi connectivity index (χ1v) is 11.2. The van der Waals surface area contributed by atoms with Crippen molar-refractivity contribution in [2.45, 2.75) is 26.2 Å². The van der Waals surface area contributed by atoms with Crippen LogP contribution in [0.3, 0.4) is 0 Å². The summed E-state index contributed by atoms with van der Waals surface area (Å²) in [4.78, 5) is 21.3. The Morgan fingerprint density at radius 3 is 2.85 bits per heavy atom. The molecule has 1 aliphatic carbocycles. The van der Waals surface area contributed by atoms with Gasteiger partial charge in [0.25, 0.3) is 5.91 Å². The monoisotopic (exact) mass is 455 g/mol. The Hall–Kier alpha value is -4.27. The molecule has 34 heavy (non-hydrogen) atoms. The number of aromatic amines is 1. The van der Waals surface area contributed by atoms with Crippen LogP contribution in [0.1, 0.15) is 33.7 Å². The maximum Gasteiger partial charge on any atom is 0.277 e. The number of benzene rings is 2. The molecule has 0 saturated carbocycles. The molecular formula is C25H22FN7O. The SMILES string of the molecule is Cc1ccc(-n2nc(C(=O)Nc3c(-c4nc5ccccc5[nH]4)cnn3C)c3c2CCC3)c(F)c1. The van der Waals surface area contributed by atoms with Gasteiger partial charge in [0.2, 0.25) is 0 Å². The van der Waals surface area contributed by atoms with Gasteiger partial charge in [-0.15, -0.1) is 0 Å². The van der Waals surface area contributed by atoms with Crippen LogP contribution in [-0.2, 0) is 19.9 Å². The molecule has 170 valence electrons. The van der Waals surface area contributed by atoms with Crippen LogP contribution in [0.5, 0.6) is 0 Å². The predicted molar refractivity (Wildman–Crippen MR) is 127 cm³/mol. The van der Waals surface area contributed by atoms with Gasteiger partial charge in [-0.3, -0.25) is 9.48 Å². The van der Waals surface area contributed by atoms with Crippen LogP contribution in [-0.4, -0.2) is 35.4 Å². The molecule has 0 fully saturated rings. The van der Waals surface area contributed by atoms with Gasteiger partial charge in [-0.1, -0.05) is 18.2 Å². The summed E-state index contributed by atoms with van der Waals surface area (Å²) in [6.07, 6.45) is 4.04. The number of imidazole rings is 1. The van der Waals surface area contributed by atoms with E-state index in [0.717, 1.165) is 47.1 Å². The number of H-pyrrole nitrogens is 1. The van der Waals surface area contributed by atoms with Crippen LogP contribution in [0.2, 0.25) is 0 Å². The van der Waals surface area contributed by atoms with Crippen molar-refractivity contribution in [1.82, 2.24) is 29.5 Å². The van der Waals surface area contributed by atoms with Gasteiger partial charge in [0.15, 0.2) is 5.69 Å². The van der Waals surface area contributed by atoms with Crippen molar-refractivity contribution in [1.29, 1.82) is 0 Å². The van der Waals surface area contributed by atoms with E-state index in [2.05, 4.69) is 25.5 Å². The first-order chi connectivity index (χ1) is 16.5. The molecule has 0 atom stereocenters. The van der Waals surface area contributed by atoms with E-state index in [1.807, 2.05) is 37.3 Å². The Bertz CT molecular complexity index is 1540. The third-order valence-electron chi connectivity index (χ3n) is 6.29. The number of fused-ring (bicyclic) bond motifs is 2. The normalized spacial score (nSPS) is 12.9. The van der Waals surface area contributed by atoms with Crippen LogP contribution in [0, 0.1) is 12.7 Å². The molecule has 5 aromatic rings. The number of hydrogen-bond acceptors (Lipinski definition) is 4. The summed E-state index contributed by atoms with van der Waals surface area (Å²) in [5.74, 6) is 0.405. The van der Waals surface area contributed by atoms with E-state index in [0.29, 0.717) is 28.6 Å². The number of anilines is 1. The van der Waals surface area contributed by atoms with Gasteiger partial charge in [-0.25, -0.2) is 14.1 Å². The summed E-state index contributed by atoms with van der Waals surface area (Å²) < 4.78 is 17.9. The summed E-state index contributed by atoms with van der Waals surface area (Å²) in [5.41, 5.74) is 5.64. The van der Waals surface area contributed by atoms with E-state index >= 15 is 0 Å². The Morgan fingerprint density at radius 1 is 1.18 bits per heavy atom. The average Bonchev–Trinajstić information content (AvgIpc) is 3.58. The average molecular weight is 455 g/mol. The zero-order chi connectivity index (χ0) is 23.4. The highest BCUT2D eigenvalue weighted by Gasteiger charge is 2.29. The molecule has 3 aromatic heterocycles. The molecule has 0 spiro atoms. The first-order valence-electron chi connectivity index (χ1n) is 11.2. The van der Waals surface area contributed by atoms with Crippen LogP contribution < -0.4 is 5.32 Å². The summed E-state index contributed by atoms with van der Waals surface area (Å²) in [6.45, 7) is 1.84. The van der Waals surface area contributed by atoms with Gasteiger partial charge in [0.05, 0.1) is 22.8 Å². The quantitative estimate of drug-likeness (QED) is 0.422. The number of para-hydroxylation sites is 2. The summed E-state index contributed by atoms with van der Waals surface area (Å²) in [7, 11) is 1.76. The number of rotatable bonds is 4. The first kappa shape index (κ1) is 20.3. The van der Waals surface area contributed by atoms with E-state index in [4.69, 9.17) is 0 Å². The number of hydrogen-bond donors (Lipinski definition) is 2. The lowest BCUT2D eigenvalue weighted by Crippen LogP contribution is -2.17. The lowest BCUT2D eigenvalue weighted by atomic mass is 10.2. The predicted octanol–water partition coefficient (Wildman–Crippen LogP) is 4.34. The fourth-order valence-corrected chi connectivity index (χ4v) is 4.61. The lowest BCUT2D eigenvalue weighted by molar-refractivity contribution is 0.102. The van der Waals surface area contributed by atoms with E-state index in [-0.39, 0.29) is 11.7 Å². The van der Waals surface area contributed by atoms with E-state index in [1.54, 1.807) is 28.7 Å². The van der Waals surface area contributed by atoms with E-state index in [9.17, 15) is 9.18 Å². The molecule has 0 bridgehead atoms. The van der Waals surface area contributed by atoms with E-state index in [1.165, 1.54) is 6.07 Å². The van der Waals surface area contributed by atoms with Gasteiger partial charge in [0.1, 0.15) is 23.1 Å². The second-order valence-electron chi connectivity index (χ2n) is 8.58. The minimum absolute atomic E-state index is 0.309. The number of carbonyl (C=O) groups excluding carboxylic acids is 1. The van der Waals surface area contributed by atoms with Gasteiger partial charge >= 0.3 is 0 Å². The Morgan fingerprint density at radius 2 is 2.03 bits per heavy atom. The highest BCUT2D eigenvalue weighted by molar-refractivity contribution is 6.05. The molecule has 3 heterocycles. The fourth-order valence-electron chi connectivity index (χ4n) is 4.61. The van der Waals surface area contributed by atoms with Crippen LogP contribution in [0.15, 0.2) is 48.7 Å². The summed E-state index contributed by atoms with van der Waals surface area (Å²) in [5, 5.41) is 11.8. The topological polar surface area (TPSA) is 93.4 Å². The zero-order valence-corrected chi connectivity index (χ0v) is 18.8. The van der Waals surface area contributed by atoms with E-state index < -0.39 is 0 Å². The molecule has 0 saturated heterocycles. The minimum atomic E-state index is -0.358. The molecule has 2 N–H and O–H groups in total. The molecule has 0 radical (unpaired) electrons. The summed E-state index contributed by atoms with van der Waals surface area (Å²) in [6, 6.07) is 12.8. The van der Waals surface area contributed by atoms with Gasteiger partial charge < -0.3 is 10.3 Å². The zero-order valence-electron chi connectivity index (χ0n) is 18.8. The Balaban J connectivity index is 1.38.